The van der Waals surface area contributed by atoms with Crippen molar-refractivity contribution in [1.82, 2.24) is 9.55 Å². The van der Waals surface area contributed by atoms with Crippen molar-refractivity contribution >= 4 is 22.6 Å². The van der Waals surface area contributed by atoms with Crippen molar-refractivity contribution in [3.05, 3.63) is 72.3 Å². The Balaban J connectivity index is 1.29. The molecule has 5 rings (SSSR count). The second kappa shape index (κ2) is 7.55. The second-order valence-electron chi connectivity index (χ2n) is 7.26. The maximum Gasteiger partial charge on any atom is 0.228 e. The molecule has 6 nitrogen and oxygen atoms in total. The molecule has 0 spiro atoms. The van der Waals surface area contributed by atoms with E-state index in [0.717, 1.165) is 39.4 Å². The van der Waals surface area contributed by atoms with Gasteiger partial charge in [-0.1, -0.05) is 18.2 Å². The fraction of sp³-hybridized carbons (Fsp3) is 0.167. The number of fused-ring (bicyclic) bond motifs is 2. The minimum absolute atomic E-state index is 0.0813. The molecule has 150 valence electrons. The van der Waals surface area contributed by atoms with Gasteiger partial charge in [0.15, 0.2) is 11.5 Å². The monoisotopic (exact) mass is 399 g/mol. The number of ether oxygens (including phenoxy) is 2. The lowest BCUT2D eigenvalue weighted by molar-refractivity contribution is -0.115. The first-order valence-corrected chi connectivity index (χ1v) is 9.88. The molecule has 30 heavy (non-hydrogen) atoms. The third-order valence-electron chi connectivity index (χ3n) is 5.19. The minimum atomic E-state index is -0.0813. The number of hydrogen-bond donors (Lipinski definition) is 1. The summed E-state index contributed by atoms with van der Waals surface area (Å²) in [6.07, 6.45) is 0.267. The predicted molar refractivity (Wildman–Crippen MR) is 116 cm³/mol. The number of nitrogens with zero attached hydrogens (tertiary/aromatic N) is 2. The number of aryl methyl sites for hydroxylation is 1. The third kappa shape index (κ3) is 3.48. The molecule has 0 saturated carbocycles. The van der Waals surface area contributed by atoms with Crippen molar-refractivity contribution in [2.24, 2.45) is 7.05 Å². The highest BCUT2D eigenvalue weighted by Crippen LogP contribution is 2.31. The number of benzene rings is 3. The predicted octanol–water partition coefficient (Wildman–Crippen LogP) is 4.19. The largest absolute Gasteiger partial charge is 0.486 e. The number of carbonyl (C=O) groups excluding carboxylic acids is 1. The van der Waals surface area contributed by atoms with Gasteiger partial charge in [-0.15, -0.1) is 0 Å². The topological polar surface area (TPSA) is 65.4 Å². The van der Waals surface area contributed by atoms with E-state index >= 15 is 0 Å². The standard InChI is InChI=1S/C24H21N3O3/c1-27-20-5-3-2-4-19(20)26-24(27)17-7-9-18(10-8-17)25-23(28)15-16-6-11-21-22(14-16)30-13-12-29-21/h2-11,14H,12-13,15H2,1H3,(H,25,28). The molecule has 6 heteroatoms. The van der Waals surface area contributed by atoms with E-state index in [-0.39, 0.29) is 12.3 Å². The molecule has 1 N–H and O–H groups in total. The van der Waals surface area contributed by atoms with Gasteiger partial charge < -0.3 is 19.4 Å². The lowest BCUT2D eigenvalue weighted by Gasteiger charge is -2.18. The quantitative estimate of drug-likeness (QED) is 0.559. The first-order valence-electron chi connectivity index (χ1n) is 9.88. The number of amides is 1. The van der Waals surface area contributed by atoms with Crippen LogP contribution in [-0.2, 0) is 18.3 Å². The van der Waals surface area contributed by atoms with E-state index in [2.05, 4.69) is 16.0 Å². The molecule has 0 atom stereocenters. The summed E-state index contributed by atoms with van der Waals surface area (Å²) in [6, 6.07) is 21.4. The summed E-state index contributed by atoms with van der Waals surface area (Å²) in [5, 5.41) is 2.95. The number of anilines is 1. The molecule has 1 aliphatic rings. The fourth-order valence-electron chi connectivity index (χ4n) is 3.69. The van der Waals surface area contributed by atoms with Gasteiger partial charge in [-0.05, 0) is 54.1 Å². The van der Waals surface area contributed by atoms with Crippen LogP contribution in [0.1, 0.15) is 5.56 Å². The zero-order valence-corrected chi connectivity index (χ0v) is 16.6. The second-order valence-corrected chi connectivity index (χ2v) is 7.26. The maximum absolute atomic E-state index is 12.5. The fourth-order valence-corrected chi connectivity index (χ4v) is 3.69. The average Bonchev–Trinajstić information content (AvgIpc) is 3.11. The number of para-hydroxylation sites is 2. The van der Waals surface area contributed by atoms with Gasteiger partial charge in [0, 0.05) is 18.3 Å². The number of nitrogens with one attached hydrogen (secondary N) is 1. The molecule has 1 aliphatic heterocycles. The van der Waals surface area contributed by atoms with Gasteiger partial charge in [0.25, 0.3) is 0 Å². The summed E-state index contributed by atoms with van der Waals surface area (Å²) in [5.41, 5.74) is 4.68. The van der Waals surface area contributed by atoms with Gasteiger partial charge in [-0.25, -0.2) is 4.98 Å². The Hall–Kier alpha value is -3.80. The Morgan fingerprint density at radius 3 is 2.57 bits per heavy atom. The Morgan fingerprint density at radius 2 is 1.77 bits per heavy atom. The Labute approximate surface area is 174 Å². The summed E-state index contributed by atoms with van der Waals surface area (Å²) >= 11 is 0. The summed E-state index contributed by atoms with van der Waals surface area (Å²) in [6.45, 7) is 1.08. The molecule has 1 amide bonds. The number of hydrogen-bond acceptors (Lipinski definition) is 4. The van der Waals surface area contributed by atoms with Crippen molar-refractivity contribution in [2.45, 2.75) is 6.42 Å². The van der Waals surface area contributed by atoms with Crippen LogP contribution in [0.5, 0.6) is 11.5 Å². The van der Waals surface area contributed by atoms with Gasteiger partial charge in [0.2, 0.25) is 5.91 Å². The maximum atomic E-state index is 12.5. The number of aromatic nitrogens is 2. The molecular formula is C24H21N3O3. The molecule has 0 fully saturated rings. The minimum Gasteiger partial charge on any atom is -0.486 e. The zero-order chi connectivity index (χ0) is 20.5. The highest BCUT2D eigenvalue weighted by atomic mass is 16.6. The molecule has 0 radical (unpaired) electrons. The highest BCUT2D eigenvalue weighted by molar-refractivity contribution is 5.92. The van der Waals surface area contributed by atoms with Crippen LogP contribution in [0.3, 0.4) is 0 Å². The Bertz CT molecular complexity index is 1230. The lowest BCUT2D eigenvalue weighted by atomic mass is 10.1. The van der Waals surface area contributed by atoms with Crippen LogP contribution in [0.2, 0.25) is 0 Å². The molecule has 0 aliphatic carbocycles. The van der Waals surface area contributed by atoms with Gasteiger partial charge in [-0.3, -0.25) is 4.79 Å². The van der Waals surface area contributed by atoms with Gasteiger partial charge in [0.1, 0.15) is 19.0 Å². The van der Waals surface area contributed by atoms with E-state index < -0.39 is 0 Å². The molecule has 0 unspecified atom stereocenters. The molecule has 0 bridgehead atoms. The molecule has 1 aromatic heterocycles. The van der Waals surface area contributed by atoms with E-state index in [1.54, 1.807) is 0 Å². The Kier molecular flexibility index (Phi) is 4.59. The molecule has 2 heterocycles. The lowest BCUT2D eigenvalue weighted by Crippen LogP contribution is -2.17. The molecular weight excluding hydrogens is 378 g/mol. The van der Waals surface area contributed by atoms with E-state index in [1.165, 1.54) is 0 Å². The van der Waals surface area contributed by atoms with Crippen molar-refractivity contribution in [2.75, 3.05) is 18.5 Å². The van der Waals surface area contributed by atoms with E-state index in [0.29, 0.717) is 19.0 Å². The van der Waals surface area contributed by atoms with Crippen LogP contribution in [0.4, 0.5) is 5.69 Å². The first kappa shape index (κ1) is 18.2. The van der Waals surface area contributed by atoms with Crippen molar-refractivity contribution in [3.63, 3.8) is 0 Å². The van der Waals surface area contributed by atoms with Crippen LogP contribution in [-0.4, -0.2) is 28.7 Å². The number of carbonyl (C=O) groups is 1. The normalized spacial score (nSPS) is 12.7. The SMILES string of the molecule is Cn1c(-c2ccc(NC(=O)Cc3ccc4c(c3)OCCO4)cc2)nc2ccccc21. The van der Waals surface area contributed by atoms with Crippen LogP contribution in [0.25, 0.3) is 22.4 Å². The average molecular weight is 399 g/mol. The highest BCUT2D eigenvalue weighted by Gasteiger charge is 2.14. The first-order chi connectivity index (χ1) is 14.7. The molecule has 4 aromatic rings. The Morgan fingerprint density at radius 1 is 1.00 bits per heavy atom. The van der Waals surface area contributed by atoms with E-state index in [9.17, 15) is 4.79 Å². The third-order valence-corrected chi connectivity index (χ3v) is 5.19. The smallest absolute Gasteiger partial charge is 0.228 e. The van der Waals surface area contributed by atoms with Crippen molar-refractivity contribution in [3.8, 4) is 22.9 Å². The van der Waals surface area contributed by atoms with Crippen molar-refractivity contribution in [1.29, 1.82) is 0 Å². The number of imidazole rings is 1. The van der Waals surface area contributed by atoms with Crippen LogP contribution >= 0.6 is 0 Å². The summed E-state index contributed by atoms with van der Waals surface area (Å²) in [7, 11) is 2.01. The van der Waals surface area contributed by atoms with Gasteiger partial charge >= 0.3 is 0 Å². The summed E-state index contributed by atoms with van der Waals surface area (Å²) in [5.74, 6) is 2.23. The van der Waals surface area contributed by atoms with E-state index in [4.69, 9.17) is 14.5 Å². The number of rotatable bonds is 4. The van der Waals surface area contributed by atoms with Gasteiger partial charge in [-0.2, -0.15) is 0 Å². The van der Waals surface area contributed by atoms with Crippen molar-refractivity contribution < 1.29 is 14.3 Å². The van der Waals surface area contributed by atoms with Crippen LogP contribution in [0, 0.1) is 0 Å². The molecule has 3 aromatic carbocycles. The summed E-state index contributed by atoms with van der Waals surface area (Å²) < 4.78 is 13.2. The summed E-state index contributed by atoms with van der Waals surface area (Å²) in [4.78, 5) is 17.2. The van der Waals surface area contributed by atoms with E-state index in [1.807, 2.05) is 67.7 Å². The van der Waals surface area contributed by atoms with Crippen LogP contribution in [0.15, 0.2) is 66.7 Å². The van der Waals surface area contributed by atoms with Crippen LogP contribution < -0.4 is 14.8 Å². The molecule has 0 saturated heterocycles. The van der Waals surface area contributed by atoms with Gasteiger partial charge in [0.05, 0.1) is 17.5 Å². The zero-order valence-electron chi connectivity index (χ0n) is 16.6.